The second-order valence-electron chi connectivity index (χ2n) is 10.4. The minimum Gasteiger partial charge on any atom is -0.489 e. The average Bonchev–Trinajstić information content (AvgIpc) is 2.84. The molecule has 8 heteroatoms. The molecule has 37 heavy (non-hydrogen) atoms. The summed E-state index contributed by atoms with van der Waals surface area (Å²) in [6, 6.07) is 15.5. The lowest BCUT2D eigenvalue weighted by Gasteiger charge is -2.31. The highest BCUT2D eigenvalue weighted by Gasteiger charge is 2.34. The average molecular weight is 513 g/mol. The predicted molar refractivity (Wildman–Crippen MR) is 142 cm³/mol. The van der Waals surface area contributed by atoms with Crippen molar-refractivity contribution in [3.05, 3.63) is 65.7 Å². The molecule has 2 aromatic rings. The smallest absolute Gasteiger partial charge is 0.408 e. The molecule has 2 aromatic carbocycles. The van der Waals surface area contributed by atoms with Gasteiger partial charge in [-0.15, -0.1) is 0 Å². The van der Waals surface area contributed by atoms with E-state index in [2.05, 4.69) is 5.32 Å². The number of ether oxygens (including phenoxy) is 3. The van der Waals surface area contributed by atoms with Gasteiger partial charge in [-0.3, -0.25) is 4.79 Å². The van der Waals surface area contributed by atoms with Crippen LogP contribution in [0.5, 0.6) is 5.75 Å². The van der Waals surface area contributed by atoms with Crippen molar-refractivity contribution >= 4 is 18.0 Å². The Bertz CT molecular complexity index is 1010. The highest BCUT2D eigenvalue weighted by atomic mass is 16.6. The normalized spacial score (nSPS) is 12.9. The van der Waals surface area contributed by atoms with Crippen LogP contribution in [0.2, 0.25) is 0 Å². The van der Waals surface area contributed by atoms with Gasteiger partial charge in [0.25, 0.3) is 0 Å². The fraction of sp³-hybridized carbons (Fsp3) is 0.483. The Balaban J connectivity index is 2.12. The number of hydrogen-bond acceptors (Lipinski definition) is 6. The first kappa shape index (κ1) is 29.7. The van der Waals surface area contributed by atoms with Crippen LogP contribution in [0.1, 0.15) is 52.2 Å². The molecule has 202 valence electrons. The summed E-state index contributed by atoms with van der Waals surface area (Å²) in [4.78, 5) is 39.9. The molecule has 1 N–H and O–H groups in total. The Kier molecular flexibility index (Phi) is 11.0. The van der Waals surface area contributed by atoms with Crippen LogP contribution in [0.3, 0.4) is 0 Å². The molecule has 0 radical (unpaired) electrons. The summed E-state index contributed by atoms with van der Waals surface area (Å²) in [5.41, 5.74) is 1.20. The van der Waals surface area contributed by atoms with Crippen molar-refractivity contribution in [1.82, 2.24) is 10.2 Å². The van der Waals surface area contributed by atoms with Gasteiger partial charge in [0.2, 0.25) is 5.91 Å². The van der Waals surface area contributed by atoms with Gasteiger partial charge < -0.3 is 24.4 Å². The zero-order valence-electron chi connectivity index (χ0n) is 22.9. The number of benzene rings is 2. The van der Waals surface area contributed by atoms with Crippen LogP contribution in [0, 0.1) is 5.92 Å². The van der Waals surface area contributed by atoms with Gasteiger partial charge >= 0.3 is 12.1 Å². The maximum atomic E-state index is 13.4. The minimum atomic E-state index is -0.872. The zero-order chi connectivity index (χ0) is 27.6. The summed E-state index contributed by atoms with van der Waals surface area (Å²) in [5, 5.41) is 2.68. The van der Waals surface area contributed by atoms with Gasteiger partial charge in [-0.05, 0) is 56.4 Å². The highest BCUT2D eigenvalue weighted by molar-refractivity contribution is 5.89. The van der Waals surface area contributed by atoms with Gasteiger partial charge in [-0.1, -0.05) is 56.3 Å². The number of carbonyl (C=O) groups is 3. The van der Waals surface area contributed by atoms with Crippen molar-refractivity contribution in [3.63, 3.8) is 0 Å². The fourth-order valence-electron chi connectivity index (χ4n) is 3.74. The van der Waals surface area contributed by atoms with Crippen LogP contribution < -0.4 is 10.1 Å². The van der Waals surface area contributed by atoms with Gasteiger partial charge in [0.05, 0.1) is 7.11 Å². The molecule has 2 rings (SSSR count). The van der Waals surface area contributed by atoms with Crippen LogP contribution in [0.25, 0.3) is 0 Å². The number of nitrogens with one attached hydrogen (secondary N) is 1. The maximum absolute atomic E-state index is 13.4. The number of methoxy groups -OCH3 is 1. The minimum absolute atomic E-state index is 0.122. The quantitative estimate of drug-likeness (QED) is 0.437. The van der Waals surface area contributed by atoms with E-state index in [1.165, 1.54) is 12.0 Å². The number of amides is 2. The molecule has 0 heterocycles. The molecule has 2 amide bonds. The summed E-state index contributed by atoms with van der Waals surface area (Å²) in [7, 11) is 2.84. The Hall–Kier alpha value is -3.55. The molecule has 0 saturated carbocycles. The third-order valence-corrected chi connectivity index (χ3v) is 5.59. The van der Waals surface area contributed by atoms with Gasteiger partial charge in [0.15, 0.2) is 0 Å². The molecule has 0 aliphatic rings. The van der Waals surface area contributed by atoms with Crippen molar-refractivity contribution in [2.24, 2.45) is 5.92 Å². The molecule has 0 saturated heterocycles. The number of carbonyl (C=O) groups excluding carboxylic acids is 3. The molecule has 0 aliphatic heterocycles. The second-order valence-corrected chi connectivity index (χ2v) is 10.4. The monoisotopic (exact) mass is 512 g/mol. The van der Waals surface area contributed by atoms with Crippen molar-refractivity contribution in [3.8, 4) is 5.75 Å². The number of esters is 1. The fourth-order valence-corrected chi connectivity index (χ4v) is 3.74. The number of hydrogen-bond donors (Lipinski definition) is 1. The molecule has 0 bridgehead atoms. The van der Waals surface area contributed by atoms with Crippen molar-refractivity contribution in [1.29, 1.82) is 0 Å². The molecule has 0 aromatic heterocycles. The van der Waals surface area contributed by atoms with Crippen LogP contribution in [-0.2, 0) is 32.1 Å². The molecule has 0 aliphatic carbocycles. The van der Waals surface area contributed by atoms with Crippen molar-refractivity contribution < 1.29 is 28.6 Å². The van der Waals surface area contributed by atoms with E-state index in [1.807, 2.05) is 68.4 Å². The van der Waals surface area contributed by atoms with Crippen LogP contribution in [0.15, 0.2) is 54.6 Å². The SMILES string of the molecule is COC(=O)[C@H](Cc1ccc(OCc2ccccc2)cc1)N(C)C(=O)[C@H](CC(C)C)NC(=O)OC(C)(C)C. The Morgan fingerprint density at radius 1 is 0.946 bits per heavy atom. The molecule has 8 nitrogen and oxygen atoms in total. The Morgan fingerprint density at radius 2 is 1.57 bits per heavy atom. The molecular weight excluding hydrogens is 472 g/mol. The second kappa shape index (κ2) is 13.7. The first-order valence-electron chi connectivity index (χ1n) is 12.5. The van der Waals surface area contributed by atoms with E-state index in [0.29, 0.717) is 18.8 Å². The van der Waals surface area contributed by atoms with Gasteiger partial charge in [-0.2, -0.15) is 0 Å². The summed E-state index contributed by atoms with van der Waals surface area (Å²) < 4.78 is 16.2. The summed E-state index contributed by atoms with van der Waals surface area (Å²) >= 11 is 0. The third kappa shape index (κ3) is 10.1. The molecular formula is C29H40N2O6. The van der Waals surface area contributed by atoms with Gasteiger partial charge in [0.1, 0.15) is 30.0 Å². The van der Waals surface area contributed by atoms with E-state index in [1.54, 1.807) is 27.8 Å². The van der Waals surface area contributed by atoms with Crippen LogP contribution >= 0.6 is 0 Å². The molecule has 0 unspecified atom stereocenters. The predicted octanol–water partition coefficient (Wildman–Crippen LogP) is 4.75. The molecule has 2 atom stereocenters. The van der Waals surface area contributed by atoms with E-state index in [0.717, 1.165) is 11.1 Å². The van der Waals surface area contributed by atoms with Crippen molar-refractivity contribution in [2.45, 2.75) is 71.8 Å². The molecule has 0 fully saturated rings. The Morgan fingerprint density at radius 3 is 2.11 bits per heavy atom. The van der Waals surface area contributed by atoms with E-state index in [9.17, 15) is 14.4 Å². The molecule has 0 spiro atoms. The largest absolute Gasteiger partial charge is 0.489 e. The van der Waals surface area contributed by atoms with Gasteiger partial charge in [0, 0.05) is 13.5 Å². The lowest BCUT2D eigenvalue weighted by Crippen LogP contribution is -2.54. The summed E-state index contributed by atoms with van der Waals surface area (Å²) in [6.07, 6.45) is -0.0426. The van der Waals surface area contributed by atoms with E-state index in [4.69, 9.17) is 14.2 Å². The standard InChI is InChI=1S/C29H40N2O6/c1-20(2)17-24(30-28(34)37-29(3,4)5)26(32)31(6)25(27(33)35-7)18-21-13-15-23(16-14-21)36-19-22-11-9-8-10-12-22/h8-16,20,24-25H,17-19H2,1-7H3,(H,30,34)/t24-,25-/m0/s1. The number of nitrogens with zero attached hydrogens (tertiary/aromatic N) is 1. The van der Waals surface area contributed by atoms with E-state index >= 15 is 0 Å². The first-order valence-corrected chi connectivity index (χ1v) is 12.5. The summed E-state index contributed by atoms with van der Waals surface area (Å²) in [5.74, 6) is -0.110. The zero-order valence-corrected chi connectivity index (χ0v) is 22.9. The number of rotatable bonds is 11. The topological polar surface area (TPSA) is 94.2 Å². The lowest BCUT2D eigenvalue weighted by atomic mass is 10.00. The van der Waals surface area contributed by atoms with Crippen LogP contribution in [0.4, 0.5) is 4.79 Å². The van der Waals surface area contributed by atoms with Crippen LogP contribution in [-0.4, -0.2) is 54.7 Å². The Labute approximate surface area is 220 Å². The highest BCUT2D eigenvalue weighted by Crippen LogP contribution is 2.18. The first-order chi connectivity index (χ1) is 17.4. The number of alkyl carbamates (subject to hydrolysis) is 1. The van der Waals surface area contributed by atoms with E-state index < -0.39 is 35.7 Å². The maximum Gasteiger partial charge on any atom is 0.408 e. The lowest BCUT2D eigenvalue weighted by molar-refractivity contribution is -0.152. The van der Waals surface area contributed by atoms with Gasteiger partial charge in [-0.25, -0.2) is 9.59 Å². The third-order valence-electron chi connectivity index (χ3n) is 5.59. The summed E-state index contributed by atoms with van der Waals surface area (Å²) in [6.45, 7) is 9.62. The number of likely N-dealkylation sites (N-methyl/N-ethyl adjacent to an activating group) is 1. The van der Waals surface area contributed by atoms with E-state index in [-0.39, 0.29) is 12.3 Å². The van der Waals surface area contributed by atoms with Crippen molar-refractivity contribution in [2.75, 3.05) is 14.2 Å².